The van der Waals surface area contributed by atoms with Crippen LogP contribution in [0.15, 0.2) is 29.4 Å². The largest absolute Gasteiger partial charge is 0.383 e. The minimum atomic E-state index is 0.314. The van der Waals surface area contributed by atoms with Crippen molar-refractivity contribution in [1.29, 1.82) is 0 Å². The van der Waals surface area contributed by atoms with Gasteiger partial charge in [-0.25, -0.2) is 0 Å². The number of benzene rings is 1. The van der Waals surface area contributed by atoms with E-state index in [1.165, 1.54) is 5.56 Å². The van der Waals surface area contributed by atoms with Gasteiger partial charge in [0.1, 0.15) is 0 Å². The highest BCUT2D eigenvalue weighted by Crippen LogP contribution is 2.11. The van der Waals surface area contributed by atoms with Crippen LogP contribution in [0.25, 0.3) is 0 Å². The van der Waals surface area contributed by atoms with Crippen molar-refractivity contribution in [3.05, 3.63) is 34.7 Å². The van der Waals surface area contributed by atoms with Gasteiger partial charge in [0.2, 0.25) is 0 Å². The first-order valence-corrected chi connectivity index (χ1v) is 3.93. The summed E-state index contributed by atoms with van der Waals surface area (Å²) in [5, 5.41) is 5.89. The maximum Gasteiger partial charge on any atom is 0.0983 e. The molecule has 1 N–H and O–H groups in total. The number of para-hydroxylation sites is 1. The molecule has 1 aromatic rings. The highest BCUT2D eigenvalue weighted by molar-refractivity contribution is 5.50. The van der Waals surface area contributed by atoms with Gasteiger partial charge in [0.05, 0.1) is 6.54 Å². The van der Waals surface area contributed by atoms with Gasteiger partial charge in [0, 0.05) is 12.2 Å². The molecule has 0 saturated heterocycles. The maximum absolute atomic E-state index is 9.79. The monoisotopic (exact) mass is 164 g/mol. The zero-order valence-electron chi connectivity index (χ0n) is 7.08. The van der Waals surface area contributed by atoms with Gasteiger partial charge in [-0.2, -0.15) is 4.91 Å². The molecule has 1 aromatic carbocycles. The molecule has 12 heavy (non-hydrogen) atoms. The van der Waals surface area contributed by atoms with Gasteiger partial charge in [-0.1, -0.05) is 23.4 Å². The van der Waals surface area contributed by atoms with Gasteiger partial charge in [-0.3, -0.25) is 0 Å². The van der Waals surface area contributed by atoms with Crippen molar-refractivity contribution >= 4 is 5.69 Å². The Hall–Kier alpha value is -1.38. The van der Waals surface area contributed by atoms with E-state index in [0.29, 0.717) is 13.1 Å². The lowest BCUT2D eigenvalue weighted by molar-refractivity contribution is 1.01. The summed E-state index contributed by atoms with van der Waals surface area (Å²) >= 11 is 0. The predicted octanol–water partition coefficient (Wildman–Crippen LogP) is 2.17. The Bertz CT molecular complexity index is 260. The summed E-state index contributed by atoms with van der Waals surface area (Å²) < 4.78 is 0. The number of hydrogen-bond donors (Lipinski definition) is 1. The number of nitrogens with zero attached hydrogens (tertiary/aromatic N) is 1. The molecule has 0 unspecified atom stereocenters. The molecule has 0 spiro atoms. The number of nitroso groups, excluding NO2 is 1. The van der Waals surface area contributed by atoms with Crippen molar-refractivity contribution in [2.75, 3.05) is 18.4 Å². The summed E-state index contributed by atoms with van der Waals surface area (Å²) in [6, 6.07) is 7.96. The van der Waals surface area contributed by atoms with Crippen LogP contribution in [-0.4, -0.2) is 13.1 Å². The topological polar surface area (TPSA) is 41.5 Å². The number of hydrogen-bond acceptors (Lipinski definition) is 3. The van der Waals surface area contributed by atoms with E-state index in [1.54, 1.807) is 0 Å². The molecule has 0 atom stereocenters. The van der Waals surface area contributed by atoms with E-state index >= 15 is 0 Å². The molecule has 3 heteroatoms. The number of rotatable bonds is 4. The first kappa shape index (κ1) is 8.71. The molecule has 1 rings (SSSR count). The summed E-state index contributed by atoms with van der Waals surface area (Å²) in [5.41, 5.74) is 2.25. The van der Waals surface area contributed by atoms with Gasteiger partial charge in [-0.05, 0) is 18.6 Å². The third-order valence-electron chi connectivity index (χ3n) is 1.66. The maximum atomic E-state index is 9.79. The minimum Gasteiger partial charge on any atom is -0.383 e. The zero-order valence-corrected chi connectivity index (χ0v) is 7.08. The molecular formula is C9H12N2O. The Morgan fingerprint density at radius 3 is 2.83 bits per heavy atom. The molecule has 0 radical (unpaired) electrons. The Labute approximate surface area is 71.8 Å². The van der Waals surface area contributed by atoms with Crippen LogP contribution in [0.3, 0.4) is 0 Å². The van der Waals surface area contributed by atoms with Crippen LogP contribution in [0.4, 0.5) is 5.69 Å². The standard InChI is InChI=1S/C9H12N2O/c1-8-4-2-3-5-9(8)10-6-7-11-12/h2-5,10H,6-7H2,1H3. The summed E-state index contributed by atoms with van der Waals surface area (Å²) in [4.78, 5) is 9.79. The van der Waals surface area contributed by atoms with Crippen molar-refractivity contribution in [3.8, 4) is 0 Å². The molecular weight excluding hydrogens is 152 g/mol. The fraction of sp³-hybridized carbons (Fsp3) is 0.333. The van der Waals surface area contributed by atoms with Gasteiger partial charge < -0.3 is 5.32 Å². The van der Waals surface area contributed by atoms with Crippen molar-refractivity contribution in [3.63, 3.8) is 0 Å². The minimum absolute atomic E-state index is 0.314. The summed E-state index contributed by atoms with van der Waals surface area (Å²) in [6.45, 7) is 2.94. The summed E-state index contributed by atoms with van der Waals surface area (Å²) in [6.07, 6.45) is 0. The second-order valence-corrected chi connectivity index (χ2v) is 2.59. The highest BCUT2D eigenvalue weighted by atomic mass is 16.3. The normalized spacial score (nSPS) is 9.42. The van der Waals surface area contributed by atoms with E-state index in [-0.39, 0.29) is 0 Å². The van der Waals surface area contributed by atoms with Crippen LogP contribution in [0.1, 0.15) is 5.56 Å². The highest BCUT2D eigenvalue weighted by Gasteiger charge is 1.93. The lowest BCUT2D eigenvalue weighted by atomic mass is 10.2. The van der Waals surface area contributed by atoms with E-state index in [0.717, 1.165) is 5.69 Å². The van der Waals surface area contributed by atoms with E-state index in [9.17, 15) is 4.91 Å². The third-order valence-corrected chi connectivity index (χ3v) is 1.66. The molecule has 0 saturated carbocycles. The zero-order chi connectivity index (χ0) is 8.81. The quantitative estimate of drug-likeness (QED) is 0.547. The van der Waals surface area contributed by atoms with Crippen LogP contribution in [0.5, 0.6) is 0 Å². The van der Waals surface area contributed by atoms with Crippen molar-refractivity contribution in [2.24, 2.45) is 5.18 Å². The Balaban J connectivity index is 2.51. The molecule has 0 aromatic heterocycles. The van der Waals surface area contributed by atoms with Crippen LogP contribution < -0.4 is 5.32 Å². The third kappa shape index (κ3) is 2.34. The number of nitrogens with one attached hydrogen (secondary N) is 1. The molecule has 3 nitrogen and oxygen atoms in total. The second kappa shape index (κ2) is 4.49. The predicted molar refractivity (Wildman–Crippen MR) is 50.3 cm³/mol. The lowest BCUT2D eigenvalue weighted by Crippen LogP contribution is -2.05. The molecule has 0 aliphatic rings. The summed E-state index contributed by atoms with van der Waals surface area (Å²) in [5.74, 6) is 0. The van der Waals surface area contributed by atoms with Gasteiger partial charge in [0.15, 0.2) is 0 Å². The van der Waals surface area contributed by atoms with Crippen LogP contribution in [-0.2, 0) is 0 Å². The van der Waals surface area contributed by atoms with Crippen LogP contribution in [0.2, 0.25) is 0 Å². The SMILES string of the molecule is Cc1ccccc1NCCN=O. The van der Waals surface area contributed by atoms with Crippen LogP contribution >= 0.6 is 0 Å². The first-order valence-electron chi connectivity index (χ1n) is 3.93. The molecule has 0 fully saturated rings. The summed E-state index contributed by atoms with van der Waals surface area (Å²) in [7, 11) is 0. The fourth-order valence-corrected chi connectivity index (χ4v) is 1.01. The smallest absolute Gasteiger partial charge is 0.0983 e. The van der Waals surface area contributed by atoms with Crippen molar-refractivity contribution in [1.82, 2.24) is 0 Å². The molecule has 0 heterocycles. The van der Waals surface area contributed by atoms with Gasteiger partial charge in [0.25, 0.3) is 0 Å². The van der Waals surface area contributed by atoms with Crippen molar-refractivity contribution < 1.29 is 0 Å². The fourth-order valence-electron chi connectivity index (χ4n) is 1.01. The number of aryl methyl sites for hydroxylation is 1. The Kier molecular flexibility index (Phi) is 3.26. The first-order chi connectivity index (χ1) is 5.84. The van der Waals surface area contributed by atoms with E-state index in [4.69, 9.17) is 0 Å². The molecule has 0 bridgehead atoms. The molecule has 0 amide bonds. The van der Waals surface area contributed by atoms with Crippen molar-refractivity contribution in [2.45, 2.75) is 6.92 Å². The average molecular weight is 164 g/mol. The number of anilines is 1. The molecule has 0 aliphatic heterocycles. The second-order valence-electron chi connectivity index (χ2n) is 2.59. The molecule has 64 valence electrons. The van der Waals surface area contributed by atoms with E-state index in [2.05, 4.69) is 10.5 Å². The van der Waals surface area contributed by atoms with E-state index in [1.807, 2.05) is 31.2 Å². The Morgan fingerprint density at radius 1 is 1.42 bits per heavy atom. The average Bonchev–Trinajstić information content (AvgIpc) is 2.09. The molecule has 0 aliphatic carbocycles. The lowest BCUT2D eigenvalue weighted by Gasteiger charge is -2.06. The van der Waals surface area contributed by atoms with E-state index < -0.39 is 0 Å². The van der Waals surface area contributed by atoms with Gasteiger partial charge in [-0.15, -0.1) is 0 Å². The van der Waals surface area contributed by atoms with Crippen LogP contribution in [0, 0.1) is 11.8 Å². The Morgan fingerprint density at radius 2 is 2.17 bits per heavy atom. The van der Waals surface area contributed by atoms with Gasteiger partial charge >= 0.3 is 0 Å².